The first kappa shape index (κ1) is 17.5. The summed E-state index contributed by atoms with van der Waals surface area (Å²) in [6, 6.07) is 15.2. The van der Waals surface area contributed by atoms with E-state index in [1.54, 1.807) is 12.2 Å². The highest BCUT2D eigenvalue weighted by Gasteiger charge is 2.07. The molecule has 0 spiro atoms. The number of Topliss-reactive ketones (excluding diaryl/α,β-unsaturated/α-hetero) is 1. The minimum absolute atomic E-state index is 0.150. The van der Waals surface area contributed by atoms with Crippen molar-refractivity contribution in [3.05, 3.63) is 85.0 Å². The molecular weight excluding hydrogens is 300 g/mol. The molecule has 0 amide bonds. The third-order valence-corrected chi connectivity index (χ3v) is 3.34. The fourth-order valence-corrected chi connectivity index (χ4v) is 2.32. The summed E-state index contributed by atoms with van der Waals surface area (Å²) in [6.07, 6.45) is 4.14. The van der Waals surface area contributed by atoms with Crippen LogP contribution in [-0.2, 0) is 17.6 Å². The standard InChI is InChI=1S/C21H22O3/c1-3-11-23-20-9-5-7-17(15-20)13-19(22)14-18-8-6-10-21(16-18)24-12-4-2/h3-10,15-16H,1-2,11-14H2. The van der Waals surface area contributed by atoms with E-state index in [4.69, 9.17) is 9.47 Å². The van der Waals surface area contributed by atoms with Gasteiger partial charge in [0.2, 0.25) is 0 Å². The summed E-state index contributed by atoms with van der Waals surface area (Å²) in [6.45, 7) is 8.16. The van der Waals surface area contributed by atoms with Gasteiger partial charge in [-0.25, -0.2) is 0 Å². The molecule has 3 nitrogen and oxygen atoms in total. The summed E-state index contributed by atoms with van der Waals surface area (Å²) < 4.78 is 11.0. The van der Waals surface area contributed by atoms with Crippen molar-refractivity contribution in [2.24, 2.45) is 0 Å². The molecule has 0 bridgehead atoms. The highest BCUT2D eigenvalue weighted by atomic mass is 16.5. The summed E-state index contributed by atoms with van der Waals surface area (Å²) in [5.74, 6) is 1.65. The van der Waals surface area contributed by atoms with Crippen LogP contribution in [0.5, 0.6) is 11.5 Å². The molecular formula is C21H22O3. The molecule has 0 aromatic heterocycles. The van der Waals surface area contributed by atoms with Crippen molar-refractivity contribution < 1.29 is 14.3 Å². The maximum Gasteiger partial charge on any atom is 0.141 e. The molecule has 0 atom stereocenters. The van der Waals surface area contributed by atoms with E-state index < -0.39 is 0 Å². The second-order valence-corrected chi connectivity index (χ2v) is 5.39. The number of hydrogen-bond donors (Lipinski definition) is 0. The third kappa shape index (κ3) is 5.76. The van der Waals surface area contributed by atoms with Crippen LogP contribution < -0.4 is 9.47 Å². The van der Waals surface area contributed by atoms with E-state index in [2.05, 4.69) is 13.2 Å². The van der Waals surface area contributed by atoms with Gasteiger partial charge in [0.15, 0.2) is 0 Å². The first-order valence-corrected chi connectivity index (χ1v) is 7.88. The SMILES string of the molecule is C=CCOc1cccc(CC(=O)Cc2cccc(OCC=C)c2)c1. The Kier molecular flexibility index (Phi) is 6.84. The molecule has 0 heterocycles. The van der Waals surface area contributed by atoms with Crippen LogP contribution in [0.3, 0.4) is 0 Å². The van der Waals surface area contributed by atoms with Gasteiger partial charge in [-0.3, -0.25) is 4.79 Å². The van der Waals surface area contributed by atoms with E-state index >= 15 is 0 Å². The number of hydrogen-bond acceptors (Lipinski definition) is 3. The highest BCUT2D eigenvalue weighted by Crippen LogP contribution is 2.17. The maximum atomic E-state index is 12.3. The average molecular weight is 322 g/mol. The van der Waals surface area contributed by atoms with Crippen LogP contribution in [-0.4, -0.2) is 19.0 Å². The summed E-state index contributed by atoms with van der Waals surface area (Å²) in [5.41, 5.74) is 1.89. The van der Waals surface area contributed by atoms with E-state index in [0.717, 1.165) is 22.6 Å². The van der Waals surface area contributed by atoms with E-state index in [9.17, 15) is 4.79 Å². The molecule has 2 aromatic carbocycles. The molecule has 0 aliphatic heterocycles. The zero-order valence-electron chi connectivity index (χ0n) is 13.7. The lowest BCUT2D eigenvalue weighted by Crippen LogP contribution is -2.07. The first-order chi connectivity index (χ1) is 11.7. The highest BCUT2D eigenvalue weighted by molar-refractivity contribution is 5.83. The van der Waals surface area contributed by atoms with Crippen LogP contribution in [0.4, 0.5) is 0 Å². The predicted molar refractivity (Wildman–Crippen MR) is 96.7 cm³/mol. The molecule has 2 rings (SSSR count). The van der Waals surface area contributed by atoms with Gasteiger partial charge in [-0.2, -0.15) is 0 Å². The van der Waals surface area contributed by atoms with Crippen molar-refractivity contribution in [1.82, 2.24) is 0 Å². The summed E-state index contributed by atoms with van der Waals surface area (Å²) >= 11 is 0. The Morgan fingerprint density at radius 2 is 1.29 bits per heavy atom. The van der Waals surface area contributed by atoms with Crippen LogP contribution in [0.1, 0.15) is 11.1 Å². The molecule has 0 N–H and O–H groups in total. The number of carbonyl (C=O) groups excluding carboxylic acids is 1. The van der Waals surface area contributed by atoms with Gasteiger partial charge >= 0.3 is 0 Å². The Hall–Kier alpha value is -2.81. The molecule has 0 unspecified atom stereocenters. The molecule has 0 saturated heterocycles. The van der Waals surface area contributed by atoms with E-state index in [-0.39, 0.29) is 5.78 Å². The van der Waals surface area contributed by atoms with Crippen LogP contribution in [0, 0.1) is 0 Å². The fraction of sp³-hybridized carbons (Fsp3) is 0.190. The normalized spacial score (nSPS) is 10.0. The lowest BCUT2D eigenvalue weighted by molar-refractivity contribution is -0.117. The Labute approximate surface area is 143 Å². The van der Waals surface area contributed by atoms with Crippen molar-refractivity contribution in [3.8, 4) is 11.5 Å². The maximum absolute atomic E-state index is 12.3. The molecule has 0 fully saturated rings. The molecule has 2 aromatic rings. The monoisotopic (exact) mass is 322 g/mol. The Balaban J connectivity index is 1.95. The van der Waals surface area contributed by atoms with Gasteiger partial charge in [0, 0.05) is 12.8 Å². The van der Waals surface area contributed by atoms with Crippen molar-refractivity contribution in [1.29, 1.82) is 0 Å². The van der Waals surface area contributed by atoms with Gasteiger partial charge in [-0.15, -0.1) is 0 Å². The predicted octanol–water partition coefficient (Wildman–Crippen LogP) is 4.17. The Morgan fingerprint density at radius 3 is 1.71 bits per heavy atom. The van der Waals surface area contributed by atoms with Crippen molar-refractivity contribution >= 4 is 5.78 Å². The zero-order chi connectivity index (χ0) is 17.2. The van der Waals surface area contributed by atoms with Crippen molar-refractivity contribution in [2.75, 3.05) is 13.2 Å². The molecule has 3 heteroatoms. The summed E-state index contributed by atoms with van der Waals surface area (Å²) in [4.78, 5) is 12.3. The van der Waals surface area contributed by atoms with Gasteiger partial charge in [0.05, 0.1) is 0 Å². The van der Waals surface area contributed by atoms with Crippen molar-refractivity contribution in [3.63, 3.8) is 0 Å². The van der Waals surface area contributed by atoms with Gasteiger partial charge in [-0.05, 0) is 35.4 Å². The molecule has 0 radical (unpaired) electrons. The van der Waals surface area contributed by atoms with Crippen LogP contribution >= 0.6 is 0 Å². The largest absolute Gasteiger partial charge is 0.490 e. The average Bonchev–Trinajstić information content (AvgIpc) is 2.58. The zero-order valence-corrected chi connectivity index (χ0v) is 13.7. The summed E-state index contributed by atoms with van der Waals surface area (Å²) in [5, 5.41) is 0. The van der Waals surface area contributed by atoms with Gasteiger partial charge in [-0.1, -0.05) is 49.6 Å². The quantitative estimate of drug-likeness (QED) is 0.616. The lowest BCUT2D eigenvalue weighted by atomic mass is 10.0. The lowest BCUT2D eigenvalue weighted by Gasteiger charge is -2.07. The van der Waals surface area contributed by atoms with Crippen molar-refractivity contribution in [2.45, 2.75) is 12.8 Å². The van der Waals surface area contributed by atoms with Crippen LogP contribution in [0.15, 0.2) is 73.8 Å². The minimum atomic E-state index is 0.150. The second-order valence-electron chi connectivity index (χ2n) is 5.39. The number of ether oxygens (including phenoxy) is 2. The van der Waals surface area contributed by atoms with E-state index in [1.165, 1.54) is 0 Å². The molecule has 0 aliphatic carbocycles. The van der Waals surface area contributed by atoms with E-state index in [1.807, 2.05) is 48.5 Å². The first-order valence-electron chi connectivity index (χ1n) is 7.88. The topological polar surface area (TPSA) is 35.5 Å². The molecule has 0 saturated carbocycles. The molecule has 24 heavy (non-hydrogen) atoms. The minimum Gasteiger partial charge on any atom is -0.490 e. The number of benzene rings is 2. The Bertz CT molecular complexity index is 644. The van der Waals surface area contributed by atoms with Crippen LogP contribution in [0.2, 0.25) is 0 Å². The van der Waals surface area contributed by atoms with Gasteiger partial charge < -0.3 is 9.47 Å². The third-order valence-electron chi connectivity index (χ3n) is 3.34. The smallest absolute Gasteiger partial charge is 0.141 e. The van der Waals surface area contributed by atoms with Gasteiger partial charge in [0.25, 0.3) is 0 Å². The molecule has 0 aliphatic rings. The Morgan fingerprint density at radius 1 is 0.833 bits per heavy atom. The number of carbonyl (C=O) groups is 1. The van der Waals surface area contributed by atoms with E-state index in [0.29, 0.717) is 26.1 Å². The van der Waals surface area contributed by atoms with Gasteiger partial charge in [0.1, 0.15) is 30.5 Å². The van der Waals surface area contributed by atoms with Crippen LogP contribution in [0.25, 0.3) is 0 Å². The fourth-order valence-electron chi connectivity index (χ4n) is 2.32. The second kappa shape index (κ2) is 9.36. The molecule has 124 valence electrons. The number of ketones is 1. The number of rotatable bonds is 10. The summed E-state index contributed by atoms with van der Waals surface area (Å²) in [7, 11) is 0.